The first-order chi connectivity index (χ1) is 11.9. The van der Waals surface area contributed by atoms with Gasteiger partial charge in [-0.3, -0.25) is 4.52 Å². The van der Waals surface area contributed by atoms with Gasteiger partial charge in [0, 0.05) is 6.42 Å². The number of rotatable bonds is 12. The molecule has 1 atom stereocenters. The van der Waals surface area contributed by atoms with E-state index in [4.69, 9.17) is 21.1 Å². The van der Waals surface area contributed by atoms with Gasteiger partial charge >= 0.3 is 15.6 Å². The van der Waals surface area contributed by atoms with Crippen LogP contribution in [-0.2, 0) is 18.0 Å². The van der Waals surface area contributed by atoms with E-state index in [1.165, 1.54) is 11.1 Å². The highest BCUT2D eigenvalue weighted by atomic mass is 31.3. The molecule has 0 spiro atoms. The van der Waals surface area contributed by atoms with Crippen LogP contribution >= 0.6 is 15.6 Å². The molecule has 0 saturated carbocycles. The normalized spacial score (nSPS) is 15.3. The maximum Gasteiger partial charge on any atom is 0.481 e. The molecule has 7 nitrogen and oxygen atoms in total. The monoisotopic (exact) mass is 406 g/mol. The van der Waals surface area contributed by atoms with Gasteiger partial charge in [-0.2, -0.15) is 4.31 Å². The molecule has 0 radical (unpaired) electrons. The molecule has 0 saturated heterocycles. The highest BCUT2D eigenvalue weighted by Gasteiger charge is 2.31. The Morgan fingerprint density at radius 2 is 1.65 bits per heavy atom. The number of terminal acetylenes is 1. The van der Waals surface area contributed by atoms with E-state index in [1.807, 2.05) is 6.92 Å². The predicted molar refractivity (Wildman–Crippen MR) is 102 cm³/mol. The van der Waals surface area contributed by atoms with Crippen LogP contribution < -0.4 is 0 Å². The number of allylic oxidation sites excluding steroid dienone is 5. The standard InChI is InChI=1S/C17H28O7P2/c1-5-8-17(11-6-9-15(2)3)12-7-10-16(4)13-14-23-26(21,22)24-25(18,19)20/h1,9,12-13H,6-8,10-11,14H2,2-4H3,(H,21,22)(H2,18,19,20)/b16-13+,17-12+. The molecule has 0 aliphatic carbocycles. The van der Waals surface area contributed by atoms with Crippen LogP contribution in [-0.4, -0.2) is 21.3 Å². The lowest BCUT2D eigenvalue weighted by Crippen LogP contribution is -1.94. The molecular weight excluding hydrogens is 378 g/mol. The van der Waals surface area contributed by atoms with E-state index < -0.39 is 15.6 Å². The Balaban J connectivity index is 4.44. The van der Waals surface area contributed by atoms with Crippen molar-refractivity contribution >= 4 is 15.6 Å². The van der Waals surface area contributed by atoms with Gasteiger partial charge in [-0.25, -0.2) is 9.13 Å². The van der Waals surface area contributed by atoms with Gasteiger partial charge < -0.3 is 14.7 Å². The summed E-state index contributed by atoms with van der Waals surface area (Å²) < 4.78 is 30.0. The molecule has 0 amide bonds. The Kier molecular flexibility index (Phi) is 12.0. The van der Waals surface area contributed by atoms with E-state index in [0.717, 1.165) is 24.8 Å². The Morgan fingerprint density at radius 1 is 1.04 bits per heavy atom. The summed E-state index contributed by atoms with van der Waals surface area (Å²) in [5, 5.41) is 0. The Hall–Kier alpha value is -0.960. The average molecular weight is 406 g/mol. The van der Waals surface area contributed by atoms with Crippen LogP contribution in [0.1, 0.15) is 52.9 Å². The van der Waals surface area contributed by atoms with E-state index in [1.54, 1.807) is 6.08 Å². The van der Waals surface area contributed by atoms with Crippen molar-refractivity contribution in [1.82, 2.24) is 0 Å². The molecule has 0 fully saturated rings. The quantitative estimate of drug-likeness (QED) is 0.246. The fourth-order valence-corrected chi connectivity index (χ4v) is 3.50. The maximum absolute atomic E-state index is 11.3. The first kappa shape index (κ1) is 25.0. The molecule has 1 unspecified atom stereocenters. The molecular formula is C17H28O7P2. The van der Waals surface area contributed by atoms with Gasteiger partial charge in [0.15, 0.2) is 0 Å². The van der Waals surface area contributed by atoms with Crippen molar-refractivity contribution in [3.05, 3.63) is 34.9 Å². The molecule has 148 valence electrons. The molecule has 0 rings (SSSR count). The van der Waals surface area contributed by atoms with E-state index in [0.29, 0.717) is 12.8 Å². The Bertz CT molecular complexity index is 661. The molecule has 0 bridgehead atoms. The second kappa shape index (κ2) is 12.4. The third-order valence-corrected chi connectivity index (χ3v) is 5.35. The molecule has 0 aromatic rings. The first-order valence-corrected chi connectivity index (χ1v) is 11.1. The summed E-state index contributed by atoms with van der Waals surface area (Å²) in [5.41, 5.74) is 3.37. The molecule has 0 aliphatic heterocycles. The second-order valence-corrected chi connectivity index (χ2v) is 8.82. The summed E-state index contributed by atoms with van der Waals surface area (Å²) in [4.78, 5) is 26.2. The SMILES string of the molecule is C#CC/C(=C\CC/C(C)=C/COP(=O)(O)OP(=O)(O)O)CCC=C(C)C. The van der Waals surface area contributed by atoms with Crippen LogP contribution in [0.15, 0.2) is 34.9 Å². The maximum atomic E-state index is 11.3. The third kappa shape index (κ3) is 15.3. The molecule has 26 heavy (non-hydrogen) atoms. The lowest BCUT2D eigenvalue weighted by molar-refractivity contribution is 0.191. The van der Waals surface area contributed by atoms with Crippen molar-refractivity contribution in [2.75, 3.05) is 6.61 Å². The van der Waals surface area contributed by atoms with E-state index in [-0.39, 0.29) is 6.61 Å². The van der Waals surface area contributed by atoms with Crippen molar-refractivity contribution in [3.8, 4) is 12.3 Å². The van der Waals surface area contributed by atoms with E-state index in [2.05, 4.69) is 40.8 Å². The summed E-state index contributed by atoms with van der Waals surface area (Å²) in [6.45, 7) is 5.64. The Morgan fingerprint density at radius 3 is 2.19 bits per heavy atom. The lowest BCUT2D eigenvalue weighted by atomic mass is 10.0. The third-order valence-electron chi connectivity index (χ3n) is 3.20. The van der Waals surface area contributed by atoms with Crippen LogP contribution in [0.25, 0.3) is 0 Å². The molecule has 0 aromatic heterocycles. The summed E-state index contributed by atoms with van der Waals surface area (Å²) in [6, 6.07) is 0. The topological polar surface area (TPSA) is 113 Å². The molecule has 3 N–H and O–H groups in total. The minimum Gasteiger partial charge on any atom is -0.302 e. The number of hydrogen-bond acceptors (Lipinski definition) is 4. The van der Waals surface area contributed by atoms with Gasteiger partial charge in [0.05, 0.1) is 6.61 Å². The van der Waals surface area contributed by atoms with Crippen LogP contribution in [0.5, 0.6) is 0 Å². The smallest absolute Gasteiger partial charge is 0.302 e. The van der Waals surface area contributed by atoms with Crippen molar-refractivity contribution in [1.29, 1.82) is 0 Å². The van der Waals surface area contributed by atoms with Crippen LogP contribution in [0, 0.1) is 12.3 Å². The summed E-state index contributed by atoms with van der Waals surface area (Å²) in [6.07, 6.45) is 15.2. The largest absolute Gasteiger partial charge is 0.481 e. The molecule has 0 heterocycles. The molecule has 9 heteroatoms. The van der Waals surface area contributed by atoms with E-state index >= 15 is 0 Å². The van der Waals surface area contributed by atoms with Crippen molar-refractivity contribution in [3.63, 3.8) is 0 Å². The van der Waals surface area contributed by atoms with Gasteiger partial charge in [-0.05, 0) is 46.5 Å². The minimum atomic E-state index is -5.09. The average Bonchev–Trinajstić information content (AvgIpc) is 2.44. The van der Waals surface area contributed by atoms with E-state index in [9.17, 15) is 9.13 Å². The van der Waals surface area contributed by atoms with Crippen molar-refractivity contribution in [2.24, 2.45) is 0 Å². The fraction of sp³-hybridized carbons (Fsp3) is 0.529. The van der Waals surface area contributed by atoms with Crippen LogP contribution in [0.2, 0.25) is 0 Å². The zero-order valence-electron chi connectivity index (χ0n) is 15.4. The summed E-state index contributed by atoms with van der Waals surface area (Å²) in [5.74, 6) is 2.65. The van der Waals surface area contributed by atoms with Crippen LogP contribution in [0.3, 0.4) is 0 Å². The van der Waals surface area contributed by atoms with Gasteiger partial charge in [0.25, 0.3) is 0 Å². The van der Waals surface area contributed by atoms with Gasteiger partial charge in [-0.1, -0.05) is 34.9 Å². The van der Waals surface area contributed by atoms with Gasteiger partial charge in [0.2, 0.25) is 0 Å². The fourth-order valence-electron chi connectivity index (χ4n) is 1.98. The van der Waals surface area contributed by atoms with Gasteiger partial charge in [0.1, 0.15) is 0 Å². The van der Waals surface area contributed by atoms with Crippen molar-refractivity contribution in [2.45, 2.75) is 52.9 Å². The number of hydrogen-bond donors (Lipinski definition) is 3. The predicted octanol–water partition coefficient (Wildman–Crippen LogP) is 4.64. The highest BCUT2D eigenvalue weighted by molar-refractivity contribution is 7.60. The minimum absolute atomic E-state index is 0.291. The second-order valence-electron chi connectivity index (χ2n) is 5.99. The van der Waals surface area contributed by atoms with Gasteiger partial charge in [-0.15, -0.1) is 12.3 Å². The highest BCUT2D eigenvalue weighted by Crippen LogP contribution is 2.57. The number of phosphoric ester groups is 1. The van der Waals surface area contributed by atoms with Crippen molar-refractivity contribution < 1.29 is 32.6 Å². The first-order valence-electron chi connectivity index (χ1n) is 8.10. The number of phosphoric acid groups is 2. The zero-order chi connectivity index (χ0) is 20.2. The zero-order valence-corrected chi connectivity index (χ0v) is 17.2. The Labute approximate surface area is 155 Å². The summed E-state index contributed by atoms with van der Waals surface area (Å²) in [7, 11) is -9.88. The molecule has 0 aromatic carbocycles. The lowest BCUT2D eigenvalue weighted by Gasteiger charge is -2.11. The van der Waals surface area contributed by atoms with Crippen LogP contribution in [0.4, 0.5) is 0 Å². The summed E-state index contributed by atoms with van der Waals surface area (Å²) >= 11 is 0. The molecule has 0 aliphatic rings.